The molecule has 2 aliphatic rings. The third-order valence-electron chi connectivity index (χ3n) is 5.84. The fourth-order valence-electron chi connectivity index (χ4n) is 4.19. The van der Waals surface area contributed by atoms with Crippen LogP contribution in [0.25, 0.3) is 0 Å². The smallest absolute Gasteiger partial charge is 0.257 e. The summed E-state index contributed by atoms with van der Waals surface area (Å²) in [6.45, 7) is 5.20. The maximum atomic E-state index is 14.2. The van der Waals surface area contributed by atoms with Crippen LogP contribution in [-0.4, -0.2) is 44.5 Å². The number of nitrogens with zero attached hydrogens (tertiary/aromatic N) is 4. The van der Waals surface area contributed by atoms with Gasteiger partial charge in [-0.2, -0.15) is 0 Å². The van der Waals surface area contributed by atoms with E-state index in [1.807, 2.05) is 22.6 Å². The van der Waals surface area contributed by atoms with Crippen molar-refractivity contribution >= 4 is 5.91 Å². The van der Waals surface area contributed by atoms with E-state index in [0.29, 0.717) is 6.54 Å². The molecular weight excluding hydrogens is 333 g/mol. The second kappa shape index (κ2) is 6.79. The summed E-state index contributed by atoms with van der Waals surface area (Å²) < 4.78 is 16.2. The first-order chi connectivity index (χ1) is 12.6. The standard InChI is InChI=1S/C19H24FN5O/c1-2-24-10-9-23-17(24)13-25(16-11-19(16)4-7-21-8-5-19)18(26)14-3-6-22-12-15(14)20/h3,6,9-10,12,16,21H,2,4-5,7-8,11,13H2,1H3/t16-/m0/s1. The van der Waals surface area contributed by atoms with Crippen molar-refractivity contribution in [1.82, 2.24) is 24.8 Å². The lowest BCUT2D eigenvalue weighted by Crippen LogP contribution is -2.40. The lowest BCUT2D eigenvalue weighted by molar-refractivity contribution is 0.0680. The molecule has 2 aromatic heterocycles. The van der Waals surface area contributed by atoms with Crippen LogP contribution in [0.4, 0.5) is 4.39 Å². The lowest BCUT2D eigenvalue weighted by Gasteiger charge is -2.29. The Labute approximate surface area is 152 Å². The van der Waals surface area contributed by atoms with Gasteiger partial charge in [-0.3, -0.25) is 9.78 Å². The molecule has 0 bridgehead atoms. The highest BCUT2D eigenvalue weighted by atomic mass is 19.1. The van der Waals surface area contributed by atoms with Crippen LogP contribution in [0.5, 0.6) is 0 Å². The van der Waals surface area contributed by atoms with Crippen LogP contribution in [0.2, 0.25) is 0 Å². The minimum absolute atomic E-state index is 0.0885. The van der Waals surface area contributed by atoms with Crippen molar-refractivity contribution in [3.8, 4) is 0 Å². The zero-order valence-corrected chi connectivity index (χ0v) is 15.0. The van der Waals surface area contributed by atoms with Gasteiger partial charge in [-0.1, -0.05) is 0 Å². The molecule has 1 saturated heterocycles. The Morgan fingerprint density at radius 1 is 1.42 bits per heavy atom. The summed E-state index contributed by atoms with van der Waals surface area (Å²) in [6, 6.07) is 1.61. The van der Waals surface area contributed by atoms with E-state index in [2.05, 4.69) is 15.3 Å². The molecule has 26 heavy (non-hydrogen) atoms. The van der Waals surface area contributed by atoms with Crippen molar-refractivity contribution < 1.29 is 9.18 Å². The van der Waals surface area contributed by atoms with Gasteiger partial charge < -0.3 is 14.8 Å². The molecule has 1 aliphatic heterocycles. The van der Waals surface area contributed by atoms with E-state index in [1.54, 1.807) is 6.20 Å². The van der Waals surface area contributed by atoms with E-state index >= 15 is 0 Å². The molecule has 1 aliphatic carbocycles. The molecule has 2 aromatic rings. The fourth-order valence-corrected chi connectivity index (χ4v) is 4.19. The number of amides is 1. The zero-order chi connectivity index (χ0) is 18.1. The quantitative estimate of drug-likeness (QED) is 0.891. The number of aryl methyl sites for hydroxylation is 1. The minimum atomic E-state index is -0.568. The Balaban J connectivity index is 1.64. The van der Waals surface area contributed by atoms with E-state index in [4.69, 9.17) is 0 Å². The molecule has 0 unspecified atom stereocenters. The predicted octanol–water partition coefficient (Wildman–Crippen LogP) is 2.22. The number of halogens is 1. The summed E-state index contributed by atoms with van der Waals surface area (Å²) in [4.78, 5) is 23.2. The topological polar surface area (TPSA) is 63.1 Å². The molecule has 6 nitrogen and oxygen atoms in total. The Bertz CT molecular complexity index is 799. The van der Waals surface area contributed by atoms with Gasteiger partial charge in [0.05, 0.1) is 18.3 Å². The van der Waals surface area contributed by atoms with E-state index < -0.39 is 5.82 Å². The van der Waals surface area contributed by atoms with Crippen LogP contribution < -0.4 is 5.32 Å². The van der Waals surface area contributed by atoms with E-state index in [-0.39, 0.29) is 22.9 Å². The Hall–Kier alpha value is -2.28. The predicted molar refractivity (Wildman–Crippen MR) is 94.9 cm³/mol. The van der Waals surface area contributed by atoms with Gasteiger partial charge >= 0.3 is 0 Å². The van der Waals surface area contributed by atoms with Gasteiger partial charge in [0.2, 0.25) is 0 Å². The monoisotopic (exact) mass is 357 g/mol. The van der Waals surface area contributed by atoms with E-state index in [1.165, 1.54) is 12.3 Å². The minimum Gasteiger partial charge on any atom is -0.334 e. The third-order valence-corrected chi connectivity index (χ3v) is 5.84. The Morgan fingerprint density at radius 2 is 2.23 bits per heavy atom. The first-order valence-electron chi connectivity index (χ1n) is 9.26. The number of rotatable bonds is 5. The molecule has 1 amide bonds. The molecule has 1 N–H and O–H groups in total. The molecule has 1 atom stereocenters. The number of imidazole rings is 1. The molecular formula is C19H24FN5O. The van der Waals surface area contributed by atoms with Crippen LogP contribution in [-0.2, 0) is 13.1 Å². The summed E-state index contributed by atoms with van der Waals surface area (Å²) in [7, 11) is 0. The van der Waals surface area contributed by atoms with E-state index in [9.17, 15) is 9.18 Å². The molecule has 4 rings (SSSR count). The van der Waals surface area contributed by atoms with E-state index in [0.717, 1.165) is 50.9 Å². The molecule has 0 aromatic carbocycles. The average Bonchev–Trinajstić information content (AvgIpc) is 3.14. The Kier molecular flexibility index (Phi) is 4.48. The molecule has 1 saturated carbocycles. The number of pyridine rings is 1. The number of carbonyl (C=O) groups excluding carboxylic acids is 1. The van der Waals surface area contributed by atoms with Gasteiger partial charge in [0.25, 0.3) is 5.91 Å². The lowest BCUT2D eigenvalue weighted by atomic mass is 9.93. The zero-order valence-electron chi connectivity index (χ0n) is 15.0. The van der Waals surface area contributed by atoms with Crippen molar-refractivity contribution in [2.45, 2.75) is 45.3 Å². The van der Waals surface area contributed by atoms with Gasteiger partial charge in [0.1, 0.15) is 5.82 Å². The Morgan fingerprint density at radius 3 is 2.96 bits per heavy atom. The van der Waals surface area contributed by atoms with Crippen molar-refractivity contribution in [3.63, 3.8) is 0 Å². The van der Waals surface area contributed by atoms with Crippen LogP contribution in [0, 0.1) is 11.2 Å². The molecule has 0 radical (unpaired) electrons. The van der Waals surface area contributed by atoms with Crippen LogP contribution in [0.3, 0.4) is 0 Å². The number of nitrogens with one attached hydrogen (secondary N) is 1. The number of aromatic nitrogens is 3. The van der Waals surface area contributed by atoms with Crippen molar-refractivity contribution in [1.29, 1.82) is 0 Å². The number of carbonyl (C=O) groups is 1. The summed E-state index contributed by atoms with van der Waals surface area (Å²) in [5.74, 6) is 0.00334. The summed E-state index contributed by atoms with van der Waals surface area (Å²) in [5, 5.41) is 3.39. The number of hydrogen-bond acceptors (Lipinski definition) is 4. The van der Waals surface area contributed by atoms with Crippen LogP contribution >= 0.6 is 0 Å². The van der Waals surface area contributed by atoms with Crippen LogP contribution in [0.15, 0.2) is 30.9 Å². The summed E-state index contributed by atoms with van der Waals surface area (Å²) >= 11 is 0. The molecule has 7 heteroatoms. The summed E-state index contributed by atoms with van der Waals surface area (Å²) in [6.07, 6.45) is 9.34. The SMILES string of the molecule is CCn1ccnc1CN(C(=O)c1ccncc1F)[C@H]1CC12CCNCC2. The largest absolute Gasteiger partial charge is 0.334 e. The molecule has 2 fully saturated rings. The van der Waals surface area contributed by atoms with Crippen molar-refractivity contribution in [2.75, 3.05) is 13.1 Å². The number of piperidine rings is 1. The second-order valence-electron chi connectivity index (χ2n) is 7.25. The molecule has 1 spiro atoms. The third kappa shape index (κ3) is 3.00. The van der Waals surface area contributed by atoms with Gasteiger partial charge in [-0.15, -0.1) is 0 Å². The molecule has 138 valence electrons. The first-order valence-corrected chi connectivity index (χ1v) is 9.26. The van der Waals surface area contributed by atoms with Crippen LogP contribution in [0.1, 0.15) is 42.4 Å². The maximum absolute atomic E-state index is 14.2. The highest BCUT2D eigenvalue weighted by Gasteiger charge is 2.58. The first kappa shape index (κ1) is 17.1. The van der Waals surface area contributed by atoms with Gasteiger partial charge in [0, 0.05) is 31.2 Å². The van der Waals surface area contributed by atoms with Crippen molar-refractivity contribution in [3.05, 3.63) is 48.1 Å². The van der Waals surface area contributed by atoms with Gasteiger partial charge in [-0.25, -0.2) is 9.37 Å². The number of hydrogen-bond donors (Lipinski definition) is 1. The summed E-state index contributed by atoms with van der Waals surface area (Å²) in [5.41, 5.74) is 0.263. The van der Waals surface area contributed by atoms with Gasteiger partial charge in [-0.05, 0) is 50.8 Å². The second-order valence-corrected chi connectivity index (χ2v) is 7.25. The average molecular weight is 357 g/mol. The maximum Gasteiger partial charge on any atom is 0.257 e. The van der Waals surface area contributed by atoms with Crippen molar-refractivity contribution in [2.24, 2.45) is 5.41 Å². The van der Waals surface area contributed by atoms with Gasteiger partial charge in [0.15, 0.2) is 5.82 Å². The normalized spacial score (nSPS) is 20.9. The fraction of sp³-hybridized carbons (Fsp3) is 0.526. The molecule has 3 heterocycles. The highest BCUT2D eigenvalue weighted by molar-refractivity contribution is 5.94. The highest BCUT2D eigenvalue weighted by Crippen LogP contribution is 2.56.